The van der Waals surface area contributed by atoms with Gasteiger partial charge in [-0.25, -0.2) is 4.79 Å². The number of imide groups is 1. The van der Waals surface area contributed by atoms with Gasteiger partial charge in [0.15, 0.2) is 0 Å². The molecule has 7 heteroatoms. The second-order valence-corrected chi connectivity index (χ2v) is 7.97. The molecule has 1 heterocycles. The molecule has 4 amide bonds. The van der Waals surface area contributed by atoms with Crippen molar-refractivity contribution in [1.29, 1.82) is 0 Å². The van der Waals surface area contributed by atoms with E-state index in [0.717, 1.165) is 17.3 Å². The summed E-state index contributed by atoms with van der Waals surface area (Å²) >= 11 is 3.34. The molecule has 1 aliphatic heterocycles. The second kappa shape index (κ2) is 6.87. The molecule has 26 heavy (non-hydrogen) atoms. The smallest absolute Gasteiger partial charge is 0.319 e. The number of hydrogen-bond acceptors (Lipinski definition) is 3. The summed E-state index contributed by atoms with van der Waals surface area (Å²) in [6, 6.07) is 6.88. The molecule has 0 unspecified atom stereocenters. The summed E-state index contributed by atoms with van der Waals surface area (Å²) in [7, 11) is 0. The molecule has 0 spiro atoms. The number of allylic oxidation sites excluding steroid dienone is 2. The van der Waals surface area contributed by atoms with Crippen molar-refractivity contribution >= 4 is 39.5 Å². The Morgan fingerprint density at radius 3 is 2.15 bits per heavy atom. The molecule has 2 N–H and O–H groups in total. The number of hydrogen-bond donors (Lipinski definition) is 2. The summed E-state index contributed by atoms with van der Waals surface area (Å²) in [6.07, 6.45) is 6.19. The fourth-order valence-electron chi connectivity index (χ4n) is 4.35. The molecule has 1 saturated carbocycles. The van der Waals surface area contributed by atoms with Crippen LogP contribution in [0.5, 0.6) is 0 Å². The predicted molar refractivity (Wildman–Crippen MR) is 100 cm³/mol. The molecule has 1 aromatic carbocycles. The van der Waals surface area contributed by atoms with Crippen LogP contribution in [0, 0.1) is 23.7 Å². The summed E-state index contributed by atoms with van der Waals surface area (Å²) in [5.74, 6) is -0.144. The molecule has 0 aromatic heterocycles. The molecule has 4 atom stereocenters. The average Bonchev–Trinajstić information content (AvgIpc) is 2.92. The Morgan fingerprint density at radius 2 is 1.62 bits per heavy atom. The number of urea groups is 1. The molecular formula is C19H20BrN3O3. The summed E-state index contributed by atoms with van der Waals surface area (Å²) in [5, 5.41) is 5.43. The number of nitrogens with zero attached hydrogens (tertiary/aromatic N) is 1. The molecule has 4 aliphatic rings. The predicted octanol–water partition coefficient (Wildman–Crippen LogP) is 2.77. The monoisotopic (exact) mass is 417 g/mol. The van der Waals surface area contributed by atoms with Gasteiger partial charge in [0.25, 0.3) is 0 Å². The summed E-state index contributed by atoms with van der Waals surface area (Å²) in [5.41, 5.74) is 0.674. The van der Waals surface area contributed by atoms with Crippen LogP contribution in [-0.4, -0.2) is 35.8 Å². The summed E-state index contributed by atoms with van der Waals surface area (Å²) in [4.78, 5) is 38.7. The third kappa shape index (κ3) is 3.05. The number of fused-ring (bicyclic) bond motifs is 1. The van der Waals surface area contributed by atoms with Crippen LogP contribution in [-0.2, 0) is 9.59 Å². The van der Waals surface area contributed by atoms with E-state index in [-0.39, 0.29) is 54.6 Å². The number of rotatable bonds is 4. The Labute approximate surface area is 160 Å². The Morgan fingerprint density at radius 1 is 1.04 bits per heavy atom. The van der Waals surface area contributed by atoms with Gasteiger partial charge in [-0.3, -0.25) is 14.5 Å². The minimum Gasteiger partial charge on any atom is -0.336 e. The zero-order valence-corrected chi connectivity index (χ0v) is 15.7. The maximum absolute atomic E-state index is 12.7. The van der Waals surface area contributed by atoms with E-state index in [9.17, 15) is 14.4 Å². The van der Waals surface area contributed by atoms with Gasteiger partial charge in [0.2, 0.25) is 11.8 Å². The van der Waals surface area contributed by atoms with E-state index in [4.69, 9.17) is 0 Å². The molecule has 2 bridgehead atoms. The number of benzene rings is 1. The van der Waals surface area contributed by atoms with Gasteiger partial charge in [0, 0.05) is 23.2 Å². The lowest BCUT2D eigenvalue weighted by atomic mass is 9.63. The number of carbonyl (C=O) groups excluding carboxylic acids is 3. The van der Waals surface area contributed by atoms with Crippen molar-refractivity contribution in [3.05, 3.63) is 40.9 Å². The highest BCUT2D eigenvalue weighted by Gasteiger charge is 2.56. The maximum Gasteiger partial charge on any atom is 0.319 e. The fourth-order valence-corrected chi connectivity index (χ4v) is 4.61. The van der Waals surface area contributed by atoms with Crippen molar-refractivity contribution in [3.8, 4) is 0 Å². The lowest BCUT2D eigenvalue weighted by Gasteiger charge is -2.38. The summed E-state index contributed by atoms with van der Waals surface area (Å²) in [6.45, 7) is 0.458. The van der Waals surface area contributed by atoms with Crippen LogP contribution >= 0.6 is 15.9 Å². The second-order valence-electron chi connectivity index (χ2n) is 7.06. The van der Waals surface area contributed by atoms with Gasteiger partial charge in [0.1, 0.15) is 0 Å². The third-order valence-corrected chi connectivity index (χ3v) is 6.10. The van der Waals surface area contributed by atoms with Crippen LogP contribution in [0.1, 0.15) is 12.8 Å². The van der Waals surface area contributed by atoms with E-state index < -0.39 is 0 Å². The van der Waals surface area contributed by atoms with Gasteiger partial charge in [0.05, 0.1) is 11.8 Å². The number of likely N-dealkylation sites (tertiary alicyclic amines) is 1. The number of anilines is 1. The lowest BCUT2D eigenvalue weighted by molar-refractivity contribution is -0.140. The van der Waals surface area contributed by atoms with Crippen LogP contribution in [0.3, 0.4) is 0 Å². The molecular weight excluding hydrogens is 398 g/mol. The average molecular weight is 418 g/mol. The largest absolute Gasteiger partial charge is 0.336 e. The van der Waals surface area contributed by atoms with E-state index in [1.54, 1.807) is 12.1 Å². The first-order valence-electron chi connectivity index (χ1n) is 8.88. The number of nitrogens with one attached hydrogen (secondary N) is 2. The highest BCUT2D eigenvalue weighted by molar-refractivity contribution is 9.10. The Kier molecular flexibility index (Phi) is 4.56. The third-order valence-electron chi connectivity index (χ3n) is 5.57. The van der Waals surface area contributed by atoms with Gasteiger partial charge in [-0.2, -0.15) is 0 Å². The zero-order chi connectivity index (χ0) is 18.3. The van der Waals surface area contributed by atoms with Crippen LogP contribution < -0.4 is 10.6 Å². The Bertz CT molecular complexity index is 745. The fraction of sp³-hybridized carbons (Fsp3) is 0.421. The van der Waals surface area contributed by atoms with Gasteiger partial charge < -0.3 is 10.6 Å². The SMILES string of the molecule is O=C(NCCN1C(=O)[C@@H]2[C@@H](C1=O)[C@H]1C=C[C@H]2CC1)Nc1ccc(Br)cc1. The molecule has 3 aliphatic carbocycles. The molecule has 0 radical (unpaired) electrons. The minimum absolute atomic E-state index is 0.0748. The molecule has 136 valence electrons. The first-order chi connectivity index (χ1) is 12.5. The Hall–Kier alpha value is -2.15. The Balaban J connectivity index is 1.31. The van der Waals surface area contributed by atoms with Crippen molar-refractivity contribution in [1.82, 2.24) is 10.2 Å². The van der Waals surface area contributed by atoms with E-state index in [1.807, 2.05) is 12.1 Å². The highest BCUT2D eigenvalue weighted by Crippen LogP contribution is 2.49. The molecule has 1 aromatic rings. The highest BCUT2D eigenvalue weighted by atomic mass is 79.9. The van der Waals surface area contributed by atoms with Gasteiger partial charge >= 0.3 is 6.03 Å². The van der Waals surface area contributed by atoms with Crippen molar-refractivity contribution < 1.29 is 14.4 Å². The van der Waals surface area contributed by atoms with Crippen molar-refractivity contribution in [2.45, 2.75) is 12.8 Å². The molecule has 2 fully saturated rings. The van der Waals surface area contributed by atoms with Crippen LogP contribution in [0.4, 0.5) is 10.5 Å². The van der Waals surface area contributed by atoms with Crippen molar-refractivity contribution in [3.63, 3.8) is 0 Å². The lowest BCUT2D eigenvalue weighted by Crippen LogP contribution is -2.40. The van der Waals surface area contributed by atoms with Crippen molar-refractivity contribution in [2.24, 2.45) is 23.7 Å². The van der Waals surface area contributed by atoms with Crippen LogP contribution in [0.15, 0.2) is 40.9 Å². The van der Waals surface area contributed by atoms with Crippen LogP contribution in [0.2, 0.25) is 0 Å². The van der Waals surface area contributed by atoms with Gasteiger partial charge in [-0.05, 0) is 48.9 Å². The number of amides is 4. The van der Waals surface area contributed by atoms with E-state index in [1.165, 1.54) is 4.90 Å². The summed E-state index contributed by atoms with van der Waals surface area (Å²) < 4.78 is 0.930. The normalized spacial score (nSPS) is 29.0. The topological polar surface area (TPSA) is 78.5 Å². The maximum atomic E-state index is 12.7. The van der Waals surface area contributed by atoms with Crippen molar-refractivity contribution in [2.75, 3.05) is 18.4 Å². The van der Waals surface area contributed by atoms with E-state index >= 15 is 0 Å². The number of carbonyl (C=O) groups is 3. The molecule has 5 rings (SSSR count). The first kappa shape index (κ1) is 17.3. The zero-order valence-electron chi connectivity index (χ0n) is 14.2. The molecule has 1 saturated heterocycles. The number of halogens is 1. The quantitative estimate of drug-likeness (QED) is 0.583. The van der Waals surface area contributed by atoms with E-state index in [0.29, 0.717) is 5.69 Å². The van der Waals surface area contributed by atoms with Crippen LogP contribution in [0.25, 0.3) is 0 Å². The minimum atomic E-state index is -0.356. The van der Waals surface area contributed by atoms with Gasteiger partial charge in [-0.1, -0.05) is 28.1 Å². The van der Waals surface area contributed by atoms with Gasteiger partial charge in [-0.15, -0.1) is 0 Å². The standard InChI is InChI=1S/C19H20BrN3O3/c20-13-5-7-14(8-6-13)22-19(26)21-9-10-23-17(24)15-11-1-2-12(4-3-11)16(15)18(23)25/h1-2,5-8,11-12,15-16H,3-4,9-10H2,(H2,21,22,26)/t11-,12-,15-,16-/m0/s1. The molecule has 6 nitrogen and oxygen atoms in total. The van der Waals surface area contributed by atoms with E-state index in [2.05, 4.69) is 38.7 Å². The first-order valence-corrected chi connectivity index (χ1v) is 9.68.